The average Bonchev–Trinajstić information content (AvgIpc) is 2.72. The van der Waals surface area contributed by atoms with Gasteiger partial charge in [-0.25, -0.2) is 9.98 Å². The van der Waals surface area contributed by atoms with Crippen molar-refractivity contribution >= 4 is 34.8 Å². The minimum absolute atomic E-state index is 0.0562. The molecule has 2 aromatic rings. The van der Waals surface area contributed by atoms with Crippen LogP contribution in [0.4, 0.5) is 24.7 Å². The van der Waals surface area contributed by atoms with Crippen LogP contribution in [-0.4, -0.2) is 32.4 Å². The van der Waals surface area contributed by atoms with Gasteiger partial charge < -0.3 is 15.6 Å². The number of anilines is 1. The van der Waals surface area contributed by atoms with Crippen molar-refractivity contribution in [2.45, 2.75) is 63.6 Å². The molecule has 11 heteroatoms. The van der Waals surface area contributed by atoms with Crippen molar-refractivity contribution in [3.05, 3.63) is 40.2 Å². The number of fused-ring (bicyclic) bond motifs is 1. The molecule has 1 fully saturated rings. The highest BCUT2D eigenvalue weighted by atomic mass is 35.5. The predicted octanol–water partition coefficient (Wildman–Crippen LogP) is 5.77. The molecule has 1 aliphatic heterocycles. The largest absolute Gasteiger partial charge is 0.481 e. The van der Waals surface area contributed by atoms with E-state index in [1.54, 1.807) is 19.9 Å². The van der Waals surface area contributed by atoms with E-state index in [9.17, 15) is 18.0 Å². The molecule has 0 amide bonds. The molecule has 1 aliphatic carbocycles. The summed E-state index contributed by atoms with van der Waals surface area (Å²) in [6, 6.07) is 5.53. The maximum Gasteiger partial charge on any atom is 0.451 e. The molecule has 7 nitrogen and oxygen atoms in total. The lowest BCUT2D eigenvalue weighted by Gasteiger charge is -2.33. The van der Waals surface area contributed by atoms with Crippen molar-refractivity contribution < 1.29 is 27.8 Å². The number of nitrogen functional groups attached to an aromatic ring is 1. The number of aliphatic imine (C=N–C) groups is 1. The third kappa shape index (κ3) is 4.82. The van der Waals surface area contributed by atoms with Gasteiger partial charge in [-0.1, -0.05) is 23.7 Å². The van der Waals surface area contributed by atoms with E-state index in [1.165, 1.54) is 0 Å². The van der Waals surface area contributed by atoms with E-state index in [2.05, 4.69) is 15.0 Å². The molecule has 2 aliphatic rings. The van der Waals surface area contributed by atoms with Crippen molar-refractivity contribution in [2.75, 3.05) is 5.73 Å². The Bertz CT molecular complexity index is 1160. The van der Waals surface area contributed by atoms with Crippen LogP contribution in [0.1, 0.15) is 68.8 Å². The molecule has 0 bridgehead atoms. The first-order valence-corrected chi connectivity index (χ1v) is 11.3. The van der Waals surface area contributed by atoms with Crippen molar-refractivity contribution in [3.63, 3.8) is 0 Å². The van der Waals surface area contributed by atoms with Gasteiger partial charge >= 0.3 is 12.1 Å². The fraction of sp³-hybridized carbons (Fsp3) is 0.478. The summed E-state index contributed by atoms with van der Waals surface area (Å²) in [5.41, 5.74) is 6.66. The van der Waals surface area contributed by atoms with Gasteiger partial charge in [-0.05, 0) is 63.0 Å². The molecule has 0 unspecified atom stereocenters. The van der Waals surface area contributed by atoms with E-state index in [-0.39, 0.29) is 29.8 Å². The summed E-state index contributed by atoms with van der Waals surface area (Å²) in [5, 5.41) is 9.55. The van der Waals surface area contributed by atoms with Gasteiger partial charge in [0, 0.05) is 17.0 Å². The second-order valence-electron chi connectivity index (χ2n) is 9.21. The molecule has 2 heterocycles. The molecule has 1 saturated carbocycles. The van der Waals surface area contributed by atoms with Crippen LogP contribution >= 0.6 is 11.6 Å². The summed E-state index contributed by atoms with van der Waals surface area (Å²) < 4.78 is 45.0. The molecule has 182 valence electrons. The summed E-state index contributed by atoms with van der Waals surface area (Å²) in [7, 11) is 0. The number of aliphatic carboxylic acids is 1. The van der Waals surface area contributed by atoms with Gasteiger partial charge in [0.25, 0.3) is 0 Å². The SMILES string of the molecule is CC1(C)Oc2nc(C(F)(F)F)nc(N)c2N=C1c1ccc([C@H]2CC[C@H](CC(=O)O)CC2)c(Cl)c1. The molecule has 0 saturated heterocycles. The molecular formula is C23H24ClF3N4O3. The number of ether oxygens (including phenoxy) is 1. The van der Waals surface area contributed by atoms with Gasteiger partial charge in [-0.3, -0.25) is 4.79 Å². The average molecular weight is 497 g/mol. The monoisotopic (exact) mass is 496 g/mol. The third-order valence-electron chi connectivity index (χ3n) is 6.30. The van der Waals surface area contributed by atoms with Crippen molar-refractivity contribution in [1.29, 1.82) is 0 Å². The van der Waals surface area contributed by atoms with E-state index in [1.807, 2.05) is 12.1 Å². The van der Waals surface area contributed by atoms with Gasteiger partial charge in [-0.15, -0.1) is 0 Å². The lowest BCUT2D eigenvalue weighted by Crippen LogP contribution is -2.41. The normalized spacial score (nSPS) is 21.9. The smallest absolute Gasteiger partial charge is 0.451 e. The summed E-state index contributed by atoms with van der Waals surface area (Å²) in [6.07, 6.45) is -1.20. The van der Waals surface area contributed by atoms with Gasteiger partial charge in [0.2, 0.25) is 11.7 Å². The molecule has 4 rings (SSSR count). The number of carbonyl (C=O) groups is 1. The Morgan fingerprint density at radius 3 is 2.50 bits per heavy atom. The fourth-order valence-corrected chi connectivity index (χ4v) is 4.97. The number of carboxylic acids is 1. The van der Waals surface area contributed by atoms with Crippen LogP contribution in [0.3, 0.4) is 0 Å². The molecule has 3 N–H and O–H groups in total. The molecule has 1 aromatic heterocycles. The van der Waals surface area contributed by atoms with E-state index >= 15 is 0 Å². The number of hydrogen-bond acceptors (Lipinski definition) is 6. The van der Waals surface area contributed by atoms with Gasteiger partial charge in [-0.2, -0.15) is 18.2 Å². The van der Waals surface area contributed by atoms with E-state index in [0.29, 0.717) is 16.3 Å². The number of rotatable bonds is 4. The Morgan fingerprint density at radius 2 is 1.91 bits per heavy atom. The Morgan fingerprint density at radius 1 is 1.24 bits per heavy atom. The van der Waals surface area contributed by atoms with Crippen LogP contribution in [0.25, 0.3) is 0 Å². The number of halogens is 4. The summed E-state index contributed by atoms with van der Waals surface area (Å²) >= 11 is 6.63. The number of benzene rings is 1. The number of nitrogens with two attached hydrogens (primary N) is 1. The second-order valence-corrected chi connectivity index (χ2v) is 9.62. The standard InChI is InChI=1S/C23H24ClF3N4O3/c1-22(2)18(29-17-19(28)30-21(23(25,26)27)31-20(17)34-22)13-7-8-14(15(24)10-13)12-5-3-11(4-6-12)9-16(32)33/h7-8,10-12H,3-6,9H2,1-2H3,(H,32,33)(H2,28,30,31)/t11-,12-. The quantitative estimate of drug-likeness (QED) is 0.555. The number of nitrogens with zero attached hydrogens (tertiary/aromatic N) is 3. The summed E-state index contributed by atoms with van der Waals surface area (Å²) in [4.78, 5) is 22.3. The number of hydrogen-bond donors (Lipinski definition) is 2. The van der Waals surface area contributed by atoms with Crippen LogP contribution in [0, 0.1) is 5.92 Å². The highest BCUT2D eigenvalue weighted by Crippen LogP contribution is 2.43. The van der Waals surface area contributed by atoms with Gasteiger partial charge in [0.1, 0.15) is 5.60 Å². The lowest BCUT2D eigenvalue weighted by atomic mass is 9.77. The van der Waals surface area contributed by atoms with Crippen LogP contribution in [0.2, 0.25) is 5.02 Å². The summed E-state index contributed by atoms with van der Waals surface area (Å²) in [5.74, 6) is -2.49. The highest BCUT2D eigenvalue weighted by molar-refractivity contribution is 6.32. The number of alkyl halides is 3. The van der Waals surface area contributed by atoms with Crippen LogP contribution in [0.15, 0.2) is 23.2 Å². The molecule has 34 heavy (non-hydrogen) atoms. The molecule has 1 aromatic carbocycles. The minimum atomic E-state index is -4.77. The van der Waals surface area contributed by atoms with E-state index < -0.39 is 29.4 Å². The first-order chi connectivity index (χ1) is 15.8. The van der Waals surface area contributed by atoms with E-state index in [0.717, 1.165) is 31.2 Å². The Labute approximate surface area is 199 Å². The Balaban J connectivity index is 1.62. The van der Waals surface area contributed by atoms with Crippen molar-refractivity contribution in [1.82, 2.24) is 9.97 Å². The first-order valence-electron chi connectivity index (χ1n) is 10.9. The van der Waals surface area contributed by atoms with E-state index in [4.69, 9.17) is 27.2 Å². The highest BCUT2D eigenvalue weighted by Gasteiger charge is 2.40. The van der Waals surface area contributed by atoms with Gasteiger partial charge in [0.15, 0.2) is 11.5 Å². The first kappa shape index (κ1) is 24.3. The minimum Gasteiger partial charge on any atom is -0.481 e. The molecule has 0 radical (unpaired) electrons. The number of aromatic nitrogens is 2. The zero-order valence-electron chi connectivity index (χ0n) is 18.6. The predicted molar refractivity (Wildman–Crippen MR) is 121 cm³/mol. The van der Waals surface area contributed by atoms with Crippen LogP contribution in [0.5, 0.6) is 5.88 Å². The Kier molecular flexibility index (Phi) is 6.22. The number of carboxylic acid groups (broad SMARTS) is 1. The lowest BCUT2D eigenvalue weighted by molar-refractivity contribution is -0.145. The van der Waals surface area contributed by atoms with Crippen molar-refractivity contribution in [2.24, 2.45) is 10.9 Å². The topological polar surface area (TPSA) is 111 Å². The maximum atomic E-state index is 13.1. The summed E-state index contributed by atoms with van der Waals surface area (Å²) in [6.45, 7) is 3.34. The van der Waals surface area contributed by atoms with Crippen LogP contribution in [-0.2, 0) is 11.0 Å². The maximum absolute atomic E-state index is 13.1. The fourth-order valence-electron chi connectivity index (χ4n) is 4.63. The molecular weight excluding hydrogens is 473 g/mol. The van der Waals surface area contributed by atoms with Crippen molar-refractivity contribution in [3.8, 4) is 5.88 Å². The third-order valence-corrected chi connectivity index (χ3v) is 6.63. The second kappa shape index (κ2) is 8.72. The van der Waals surface area contributed by atoms with Crippen LogP contribution < -0.4 is 10.5 Å². The molecule has 0 spiro atoms. The van der Waals surface area contributed by atoms with Gasteiger partial charge in [0.05, 0.1) is 5.71 Å². The zero-order chi connectivity index (χ0) is 24.8. The Hall–Kier alpha value is -2.88. The zero-order valence-corrected chi connectivity index (χ0v) is 19.4. The molecule has 0 atom stereocenters.